The largest absolute Gasteiger partial charge is 0.385 e. The number of carbonyl (C=O) groups excluding carboxylic acids is 1. The summed E-state index contributed by atoms with van der Waals surface area (Å²) in [5.41, 5.74) is 2.87. The van der Waals surface area contributed by atoms with E-state index in [9.17, 15) is 4.79 Å². The second kappa shape index (κ2) is 6.94. The van der Waals surface area contributed by atoms with Crippen molar-refractivity contribution in [2.45, 2.75) is 33.2 Å². The molecule has 1 saturated heterocycles. The lowest BCUT2D eigenvalue weighted by Gasteiger charge is -2.29. The highest BCUT2D eigenvalue weighted by atomic mass is 16.2. The standard InChI is InChI=1S/C17H27N3O/c1-5-18-16-8-7-13(2)11-15(16)17(21)20-10-6-9-19(4)12-14(20)3/h7-8,11,14,18H,5-6,9-10,12H2,1-4H3. The lowest BCUT2D eigenvalue weighted by molar-refractivity contribution is 0.0697. The second-order valence-electron chi connectivity index (χ2n) is 6.04. The number of anilines is 1. The van der Waals surface area contributed by atoms with E-state index in [1.807, 2.05) is 24.0 Å². The van der Waals surface area contributed by atoms with Crippen molar-refractivity contribution in [2.24, 2.45) is 0 Å². The minimum absolute atomic E-state index is 0.150. The SMILES string of the molecule is CCNc1ccc(C)cc1C(=O)N1CCCN(C)CC1C. The maximum absolute atomic E-state index is 13.0. The molecule has 1 unspecified atom stereocenters. The zero-order valence-electron chi connectivity index (χ0n) is 13.6. The van der Waals surface area contributed by atoms with Crippen LogP contribution in [0.1, 0.15) is 36.2 Å². The van der Waals surface area contributed by atoms with E-state index in [4.69, 9.17) is 0 Å². The highest BCUT2D eigenvalue weighted by Crippen LogP contribution is 2.21. The molecule has 0 saturated carbocycles. The third-order valence-electron chi connectivity index (χ3n) is 4.08. The van der Waals surface area contributed by atoms with E-state index >= 15 is 0 Å². The van der Waals surface area contributed by atoms with E-state index in [1.54, 1.807) is 0 Å². The van der Waals surface area contributed by atoms with Crippen molar-refractivity contribution >= 4 is 11.6 Å². The van der Waals surface area contributed by atoms with Gasteiger partial charge in [0.25, 0.3) is 5.91 Å². The number of hydrogen-bond donors (Lipinski definition) is 1. The third-order valence-corrected chi connectivity index (χ3v) is 4.08. The summed E-state index contributed by atoms with van der Waals surface area (Å²) in [6.45, 7) is 9.88. The maximum Gasteiger partial charge on any atom is 0.256 e. The topological polar surface area (TPSA) is 35.6 Å². The molecular weight excluding hydrogens is 262 g/mol. The van der Waals surface area contributed by atoms with Gasteiger partial charge in [0.1, 0.15) is 0 Å². The highest BCUT2D eigenvalue weighted by Gasteiger charge is 2.26. The fourth-order valence-electron chi connectivity index (χ4n) is 3.01. The van der Waals surface area contributed by atoms with Crippen LogP contribution in [0.2, 0.25) is 0 Å². The number of likely N-dealkylation sites (N-methyl/N-ethyl adjacent to an activating group) is 1. The Morgan fingerprint density at radius 2 is 2.14 bits per heavy atom. The average molecular weight is 289 g/mol. The first kappa shape index (κ1) is 15.8. The van der Waals surface area contributed by atoms with E-state index in [1.165, 1.54) is 0 Å². The summed E-state index contributed by atoms with van der Waals surface area (Å²) in [5, 5.41) is 3.30. The molecule has 1 heterocycles. The number of nitrogens with zero attached hydrogens (tertiary/aromatic N) is 2. The number of nitrogens with one attached hydrogen (secondary N) is 1. The van der Waals surface area contributed by atoms with Crippen LogP contribution >= 0.6 is 0 Å². The van der Waals surface area contributed by atoms with Crippen LogP contribution in [0, 0.1) is 6.92 Å². The molecule has 0 bridgehead atoms. The Morgan fingerprint density at radius 3 is 2.86 bits per heavy atom. The van der Waals surface area contributed by atoms with Gasteiger partial charge in [-0.05, 0) is 52.9 Å². The fourth-order valence-corrected chi connectivity index (χ4v) is 3.01. The fraction of sp³-hybridized carbons (Fsp3) is 0.588. The van der Waals surface area contributed by atoms with Crippen molar-refractivity contribution in [3.05, 3.63) is 29.3 Å². The third kappa shape index (κ3) is 3.76. The normalized spacial score (nSPS) is 20.2. The molecule has 1 atom stereocenters. The van der Waals surface area contributed by atoms with Crippen LogP contribution in [0.3, 0.4) is 0 Å². The molecule has 21 heavy (non-hydrogen) atoms. The summed E-state index contributed by atoms with van der Waals surface area (Å²) in [6, 6.07) is 6.32. The monoisotopic (exact) mass is 289 g/mol. The minimum atomic E-state index is 0.150. The van der Waals surface area contributed by atoms with Crippen molar-refractivity contribution in [2.75, 3.05) is 38.5 Å². The minimum Gasteiger partial charge on any atom is -0.385 e. The molecule has 1 aliphatic heterocycles. The van der Waals surface area contributed by atoms with Crippen LogP contribution in [0.4, 0.5) is 5.69 Å². The Kier molecular flexibility index (Phi) is 5.23. The molecule has 0 aromatic heterocycles. The summed E-state index contributed by atoms with van der Waals surface area (Å²) < 4.78 is 0. The van der Waals surface area contributed by atoms with Crippen LogP contribution in [0.25, 0.3) is 0 Å². The number of benzene rings is 1. The van der Waals surface area contributed by atoms with Gasteiger partial charge in [-0.2, -0.15) is 0 Å². The second-order valence-corrected chi connectivity index (χ2v) is 6.04. The molecule has 1 fully saturated rings. The first-order chi connectivity index (χ1) is 10.0. The van der Waals surface area contributed by atoms with Gasteiger partial charge in [-0.1, -0.05) is 11.6 Å². The molecule has 1 aliphatic rings. The molecule has 1 aromatic rings. The van der Waals surface area contributed by atoms with Crippen molar-refractivity contribution in [1.29, 1.82) is 0 Å². The van der Waals surface area contributed by atoms with E-state index in [0.29, 0.717) is 0 Å². The van der Waals surface area contributed by atoms with Crippen LogP contribution in [-0.4, -0.2) is 55.0 Å². The van der Waals surface area contributed by atoms with Crippen LogP contribution in [-0.2, 0) is 0 Å². The van der Waals surface area contributed by atoms with Gasteiger partial charge in [0, 0.05) is 31.4 Å². The van der Waals surface area contributed by atoms with Crippen molar-refractivity contribution in [1.82, 2.24) is 9.80 Å². The van der Waals surface area contributed by atoms with Crippen molar-refractivity contribution < 1.29 is 4.79 Å². The molecular formula is C17H27N3O. The zero-order chi connectivity index (χ0) is 15.4. The Hall–Kier alpha value is -1.55. The van der Waals surface area contributed by atoms with E-state index in [2.05, 4.69) is 37.2 Å². The van der Waals surface area contributed by atoms with Gasteiger partial charge >= 0.3 is 0 Å². The molecule has 0 spiro atoms. The van der Waals surface area contributed by atoms with Crippen molar-refractivity contribution in [3.8, 4) is 0 Å². The number of carbonyl (C=O) groups is 1. The first-order valence-corrected chi connectivity index (χ1v) is 7.87. The molecule has 4 nitrogen and oxygen atoms in total. The zero-order valence-corrected chi connectivity index (χ0v) is 13.6. The lowest BCUT2D eigenvalue weighted by atomic mass is 10.1. The van der Waals surface area contributed by atoms with E-state index < -0.39 is 0 Å². The van der Waals surface area contributed by atoms with Gasteiger partial charge in [0.15, 0.2) is 0 Å². The molecule has 0 aliphatic carbocycles. The number of aryl methyl sites for hydroxylation is 1. The summed E-state index contributed by atoms with van der Waals surface area (Å²) in [4.78, 5) is 17.3. The average Bonchev–Trinajstić information content (AvgIpc) is 2.61. The maximum atomic E-state index is 13.0. The van der Waals surface area contributed by atoms with E-state index in [-0.39, 0.29) is 11.9 Å². The Balaban J connectivity index is 2.27. The smallest absolute Gasteiger partial charge is 0.256 e. The number of amides is 1. The Morgan fingerprint density at radius 1 is 1.38 bits per heavy atom. The molecule has 1 aromatic carbocycles. The Labute approximate surface area is 128 Å². The van der Waals surface area contributed by atoms with Crippen LogP contribution in [0.15, 0.2) is 18.2 Å². The van der Waals surface area contributed by atoms with Gasteiger partial charge in [0.05, 0.1) is 5.56 Å². The molecule has 1 amide bonds. The predicted molar refractivity (Wildman–Crippen MR) is 88.0 cm³/mol. The summed E-state index contributed by atoms with van der Waals surface area (Å²) in [6.07, 6.45) is 1.04. The van der Waals surface area contributed by atoms with Gasteiger partial charge in [-0.3, -0.25) is 4.79 Å². The molecule has 116 valence electrons. The van der Waals surface area contributed by atoms with Gasteiger partial charge in [0.2, 0.25) is 0 Å². The van der Waals surface area contributed by atoms with Gasteiger partial charge in [-0.15, -0.1) is 0 Å². The summed E-state index contributed by atoms with van der Waals surface area (Å²) in [5.74, 6) is 0.150. The summed E-state index contributed by atoms with van der Waals surface area (Å²) >= 11 is 0. The molecule has 0 radical (unpaired) electrons. The predicted octanol–water partition coefficient (Wildman–Crippen LogP) is 2.59. The van der Waals surface area contributed by atoms with Crippen molar-refractivity contribution in [3.63, 3.8) is 0 Å². The Bertz CT molecular complexity index is 501. The quantitative estimate of drug-likeness (QED) is 0.929. The number of rotatable bonds is 3. The first-order valence-electron chi connectivity index (χ1n) is 7.87. The van der Waals surface area contributed by atoms with Gasteiger partial charge in [-0.25, -0.2) is 0 Å². The van der Waals surface area contributed by atoms with E-state index in [0.717, 1.165) is 49.4 Å². The molecule has 1 N–H and O–H groups in total. The molecule has 4 heteroatoms. The van der Waals surface area contributed by atoms with Crippen LogP contribution in [0.5, 0.6) is 0 Å². The van der Waals surface area contributed by atoms with Gasteiger partial charge < -0.3 is 15.1 Å². The summed E-state index contributed by atoms with van der Waals surface area (Å²) in [7, 11) is 2.13. The lowest BCUT2D eigenvalue weighted by Crippen LogP contribution is -2.42. The number of hydrogen-bond acceptors (Lipinski definition) is 3. The highest BCUT2D eigenvalue weighted by molar-refractivity contribution is 6.00. The molecule has 2 rings (SSSR count). The van der Waals surface area contributed by atoms with Crippen LogP contribution < -0.4 is 5.32 Å².